The van der Waals surface area contributed by atoms with Crippen LogP contribution in [0.1, 0.15) is 16.8 Å². The first-order valence-corrected chi connectivity index (χ1v) is 6.74. The molecule has 1 aliphatic rings. The number of hydrogen-bond acceptors (Lipinski definition) is 9. The molecule has 0 spiro atoms. The van der Waals surface area contributed by atoms with Crippen molar-refractivity contribution in [2.45, 2.75) is 12.1 Å². The molecule has 0 radical (unpaired) electrons. The highest BCUT2D eigenvalue weighted by Crippen LogP contribution is 2.32. The lowest BCUT2D eigenvalue weighted by Crippen LogP contribution is -2.47. The van der Waals surface area contributed by atoms with E-state index in [1.807, 2.05) is 0 Å². The summed E-state index contributed by atoms with van der Waals surface area (Å²) in [5.74, 6) is -1.05. The topological polar surface area (TPSA) is 190 Å². The third-order valence-electron chi connectivity index (χ3n) is 3.60. The second kappa shape index (κ2) is 6.46. The summed E-state index contributed by atoms with van der Waals surface area (Å²) in [5.41, 5.74) is -5.40. The number of benzene rings is 1. The monoisotopic (exact) mass is 364 g/mol. The number of allylic oxidation sites excluding steroid dienone is 2. The number of nitro groups is 4. The van der Waals surface area contributed by atoms with Crippen molar-refractivity contribution in [2.24, 2.45) is 0 Å². The number of Topliss-reactive ketones (excluding diaryl/α,β-unsaturated/α-hetero) is 1. The minimum Gasteiger partial charge on any atom is -0.289 e. The van der Waals surface area contributed by atoms with Gasteiger partial charge in [-0.25, -0.2) is 0 Å². The van der Waals surface area contributed by atoms with Crippen LogP contribution in [0.25, 0.3) is 0 Å². The van der Waals surface area contributed by atoms with Gasteiger partial charge in [0, 0.05) is 29.3 Å². The number of non-ortho nitro benzene ring substituents is 1. The third-order valence-corrected chi connectivity index (χ3v) is 3.60. The number of nitrogens with zero attached hydrogens (tertiary/aromatic N) is 4. The standard InChI is InChI=1S/C13H8N4O9/c18-12(8-2-1-3-10(4-8)14(19)20)9-5-11(15(21)22)7-13(6-9,16(23)24)17(25)26/h1-6H,7H2. The van der Waals surface area contributed by atoms with Crippen molar-refractivity contribution >= 4 is 11.5 Å². The van der Waals surface area contributed by atoms with Crippen molar-refractivity contribution in [3.8, 4) is 0 Å². The Kier molecular flexibility index (Phi) is 4.55. The van der Waals surface area contributed by atoms with Gasteiger partial charge in [0.25, 0.3) is 11.4 Å². The molecule has 13 heteroatoms. The molecule has 26 heavy (non-hydrogen) atoms. The summed E-state index contributed by atoms with van der Waals surface area (Å²) >= 11 is 0. The first-order chi connectivity index (χ1) is 12.1. The normalized spacial score (nSPS) is 15.4. The molecule has 0 unspecified atom stereocenters. The summed E-state index contributed by atoms with van der Waals surface area (Å²) in [6.45, 7) is 0. The van der Waals surface area contributed by atoms with E-state index in [9.17, 15) is 45.3 Å². The van der Waals surface area contributed by atoms with Crippen molar-refractivity contribution in [3.05, 3.63) is 93.7 Å². The van der Waals surface area contributed by atoms with Gasteiger partial charge in [0.05, 0.1) is 15.9 Å². The van der Waals surface area contributed by atoms with Crippen LogP contribution in [-0.4, -0.2) is 31.1 Å². The average molecular weight is 364 g/mol. The van der Waals surface area contributed by atoms with Gasteiger partial charge in [0.15, 0.2) is 12.2 Å². The van der Waals surface area contributed by atoms with E-state index in [2.05, 4.69) is 0 Å². The van der Waals surface area contributed by atoms with Gasteiger partial charge in [-0.2, -0.15) is 0 Å². The molecule has 0 N–H and O–H groups in total. The molecule has 0 saturated heterocycles. The van der Waals surface area contributed by atoms with Crippen molar-refractivity contribution in [2.75, 3.05) is 0 Å². The van der Waals surface area contributed by atoms with Gasteiger partial charge in [-0.1, -0.05) is 12.1 Å². The lowest BCUT2D eigenvalue weighted by molar-refractivity contribution is -0.782. The Morgan fingerprint density at radius 3 is 2.08 bits per heavy atom. The molecule has 1 aromatic carbocycles. The van der Waals surface area contributed by atoms with Gasteiger partial charge in [-0.15, -0.1) is 0 Å². The van der Waals surface area contributed by atoms with Crippen LogP contribution >= 0.6 is 0 Å². The zero-order valence-electron chi connectivity index (χ0n) is 12.6. The zero-order valence-corrected chi connectivity index (χ0v) is 12.6. The summed E-state index contributed by atoms with van der Waals surface area (Å²) in [5, 5.41) is 44.2. The third kappa shape index (κ3) is 3.12. The van der Waals surface area contributed by atoms with E-state index >= 15 is 0 Å². The molecule has 0 heterocycles. The Balaban J connectivity index is 2.62. The van der Waals surface area contributed by atoms with E-state index < -0.39 is 54.5 Å². The maximum Gasteiger partial charge on any atom is 0.488 e. The summed E-state index contributed by atoms with van der Waals surface area (Å²) in [6.07, 6.45) is -0.0424. The Bertz CT molecular complexity index is 904. The molecule has 13 nitrogen and oxygen atoms in total. The van der Waals surface area contributed by atoms with Gasteiger partial charge in [-0.3, -0.25) is 45.3 Å². The van der Waals surface area contributed by atoms with Crippen molar-refractivity contribution in [1.29, 1.82) is 0 Å². The number of rotatable bonds is 6. The predicted octanol–water partition coefficient (Wildman–Crippen LogP) is 1.52. The minimum absolute atomic E-state index is 0.299. The highest BCUT2D eigenvalue weighted by Gasteiger charge is 2.59. The van der Waals surface area contributed by atoms with Crippen LogP contribution in [0.3, 0.4) is 0 Å². The SMILES string of the molecule is O=C(C1=CC([N+](=O)[O-])([N+](=O)[O-])CC([N+](=O)[O-])=C1)c1cccc([N+](=O)[O-])c1. The maximum atomic E-state index is 12.5. The maximum absolute atomic E-state index is 12.5. The smallest absolute Gasteiger partial charge is 0.289 e. The zero-order chi connectivity index (χ0) is 19.6. The summed E-state index contributed by atoms with van der Waals surface area (Å²) in [4.78, 5) is 52.1. The van der Waals surface area contributed by atoms with Gasteiger partial charge in [0.2, 0.25) is 0 Å². The fraction of sp³-hybridized carbons (Fsp3) is 0.154. The fourth-order valence-corrected chi connectivity index (χ4v) is 2.32. The molecule has 0 aliphatic heterocycles. The lowest BCUT2D eigenvalue weighted by atomic mass is 9.90. The average Bonchev–Trinajstić information content (AvgIpc) is 2.60. The number of nitro benzene ring substituents is 1. The van der Waals surface area contributed by atoms with E-state index in [-0.39, 0.29) is 5.56 Å². The molecule has 0 aromatic heterocycles. The minimum atomic E-state index is -3.08. The summed E-state index contributed by atoms with van der Waals surface area (Å²) in [7, 11) is 0. The molecule has 0 bridgehead atoms. The molecular weight excluding hydrogens is 356 g/mol. The van der Waals surface area contributed by atoms with Crippen LogP contribution in [0.4, 0.5) is 5.69 Å². The molecule has 1 aromatic rings. The molecular formula is C13H8N4O9. The molecule has 0 amide bonds. The fourth-order valence-electron chi connectivity index (χ4n) is 2.32. The molecule has 0 fully saturated rings. The molecule has 1 aliphatic carbocycles. The second-order valence-electron chi connectivity index (χ2n) is 5.20. The Morgan fingerprint density at radius 1 is 0.962 bits per heavy atom. The van der Waals surface area contributed by atoms with Crippen LogP contribution in [-0.2, 0) is 0 Å². The number of carbonyl (C=O) groups is 1. The van der Waals surface area contributed by atoms with E-state index in [0.29, 0.717) is 12.2 Å². The van der Waals surface area contributed by atoms with Gasteiger partial charge < -0.3 is 0 Å². The summed E-state index contributed by atoms with van der Waals surface area (Å²) < 4.78 is 0. The Morgan fingerprint density at radius 2 is 1.58 bits per heavy atom. The van der Waals surface area contributed by atoms with Crippen molar-refractivity contribution in [1.82, 2.24) is 0 Å². The van der Waals surface area contributed by atoms with Gasteiger partial charge in [0.1, 0.15) is 9.85 Å². The Hall–Kier alpha value is -4.03. The predicted molar refractivity (Wildman–Crippen MR) is 81.9 cm³/mol. The Labute approximate surface area is 142 Å². The lowest BCUT2D eigenvalue weighted by Gasteiger charge is -2.17. The van der Waals surface area contributed by atoms with Gasteiger partial charge in [-0.05, 0) is 0 Å². The van der Waals surface area contributed by atoms with Gasteiger partial charge >= 0.3 is 5.66 Å². The largest absolute Gasteiger partial charge is 0.488 e. The first-order valence-electron chi connectivity index (χ1n) is 6.74. The van der Waals surface area contributed by atoms with Crippen molar-refractivity contribution in [3.63, 3.8) is 0 Å². The number of ketones is 1. The van der Waals surface area contributed by atoms with Crippen LogP contribution < -0.4 is 0 Å². The molecule has 2 rings (SSSR count). The first kappa shape index (κ1) is 18.3. The van der Waals surface area contributed by atoms with Crippen LogP contribution in [0.15, 0.2) is 47.7 Å². The molecule has 0 saturated carbocycles. The number of carbonyl (C=O) groups excluding carboxylic acids is 1. The van der Waals surface area contributed by atoms with E-state index in [1.54, 1.807) is 0 Å². The van der Waals surface area contributed by atoms with Crippen molar-refractivity contribution < 1.29 is 24.5 Å². The number of hydrogen-bond donors (Lipinski definition) is 0. The van der Waals surface area contributed by atoms with Crippen LogP contribution in [0.2, 0.25) is 0 Å². The van der Waals surface area contributed by atoms with E-state index in [0.717, 1.165) is 18.2 Å². The quantitative estimate of drug-likeness (QED) is 0.311. The molecule has 134 valence electrons. The van der Waals surface area contributed by atoms with E-state index in [4.69, 9.17) is 0 Å². The molecule has 0 atom stereocenters. The van der Waals surface area contributed by atoms with Crippen LogP contribution in [0, 0.1) is 40.5 Å². The highest BCUT2D eigenvalue weighted by atomic mass is 16.7. The van der Waals surface area contributed by atoms with Crippen LogP contribution in [0.5, 0.6) is 0 Å². The summed E-state index contributed by atoms with van der Waals surface area (Å²) in [6, 6.07) is 4.26. The van der Waals surface area contributed by atoms with E-state index in [1.165, 1.54) is 6.07 Å². The highest BCUT2D eigenvalue weighted by molar-refractivity contribution is 6.11. The second-order valence-corrected chi connectivity index (χ2v) is 5.20.